The highest BCUT2D eigenvalue weighted by Crippen LogP contribution is 2.04. The average molecular weight is 131 g/mol. The van der Waals surface area contributed by atoms with Crippen LogP contribution in [0.3, 0.4) is 0 Å². The van der Waals surface area contributed by atoms with E-state index in [1.165, 1.54) is 25.7 Å². The van der Waals surface area contributed by atoms with Gasteiger partial charge < -0.3 is 5.11 Å². The summed E-state index contributed by atoms with van der Waals surface area (Å²) in [5.41, 5.74) is 0. The maximum atomic E-state index is 6.59. The summed E-state index contributed by atoms with van der Waals surface area (Å²) in [4.78, 5) is 0. The molecule has 0 aliphatic heterocycles. The van der Waals surface area contributed by atoms with Crippen LogP contribution in [0.4, 0.5) is 0 Å². The van der Waals surface area contributed by atoms with E-state index in [0.29, 0.717) is 0 Å². The molecule has 0 radical (unpaired) electrons. The van der Waals surface area contributed by atoms with Gasteiger partial charge in [0.1, 0.15) is 0 Å². The molecule has 0 aromatic rings. The quantitative estimate of drug-likeness (QED) is 0.548. The molecule has 0 aromatic heterocycles. The predicted molar refractivity (Wildman–Crippen MR) is 40.4 cm³/mol. The first-order valence-electron chi connectivity index (χ1n) is 4.34. The molecule has 9 heavy (non-hydrogen) atoms. The van der Waals surface area contributed by atoms with Crippen LogP contribution in [-0.2, 0) is 0 Å². The smallest absolute Gasteiger partial charge is 0.210 e. The number of hydrogen-bond acceptors (Lipinski definition) is 1. The van der Waals surface area contributed by atoms with Gasteiger partial charge in [-0.15, -0.1) is 0 Å². The molecule has 0 aliphatic carbocycles. The molecule has 0 amide bonds. The van der Waals surface area contributed by atoms with Gasteiger partial charge in [-0.25, -0.2) is 0 Å². The first-order chi connectivity index (χ1) is 4.81. The van der Waals surface area contributed by atoms with E-state index in [-0.39, 0.29) is 6.10 Å². The molecule has 0 fully saturated rings. The van der Waals surface area contributed by atoms with Gasteiger partial charge in [0, 0.05) is 0 Å². The Morgan fingerprint density at radius 2 is 2.22 bits per heavy atom. The normalized spacial score (nSPS) is 15.1. The molecule has 0 unspecified atom stereocenters. The van der Waals surface area contributed by atoms with E-state index >= 15 is 0 Å². The van der Waals surface area contributed by atoms with Crippen molar-refractivity contribution in [3.05, 3.63) is 0 Å². The summed E-state index contributed by atoms with van der Waals surface area (Å²) in [7, 11) is 0. The Kier molecular flexibility index (Phi) is 4.78. The topological polar surface area (TPSA) is 20.2 Å². The molecule has 0 aromatic carbocycles. The van der Waals surface area contributed by atoms with E-state index in [0.717, 1.165) is 6.42 Å². The van der Waals surface area contributed by atoms with E-state index in [9.17, 15) is 0 Å². The highest BCUT2D eigenvalue weighted by Gasteiger charge is 1.93. The molecular weight excluding hydrogens is 112 g/mol. The lowest BCUT2D eigenvalue weighted by molar-refractivity contribution is 0.180. The van der Waals surface area contributed by atoms with Crippen molar-refractivity contribution in [3.63, 3.8) is 0 Å². The Hall–Kier alpha value is -0.0400. The molecule has 0 saturated carbocycles. The van der Waals surface area contributed by atoms with Gasteiger partial charge in [-0.2, -0.15) is 0 Å². The van der Waals surface area contributed by atoms with Crippen LogP contribution in [0.2, 0.25) is 0 Å². The molecule has 1 N–H and O–H groups in total. The van der Waals surface area contributed by atoms with Crippen molar-refractivity contribution in [3.8, 4) is 0 Å². The Morgan fingerprint density at radius 3 is 2.78 bits per heavy atom. The first kappa shape index (κ1) is 7.07. The number of unbranched alkanes of at least 4 members (excludes halogenated alkanes) is 3. The number of aliphatic hydroxyl groups is 1. The van der Waals surface area contributed by atoms with Crippen LogP contribution in [0, 0.1) is 0 Å². The van der Waals surface area contributed by atoms with Crippen molar-refractivity contribution in [2.75, 3.05) is 0 Å². The SMILES string of the molecule is [2H]O[C@H](C)CCCCCC. The molecule has 1 heteroatoms. The van der Waals surface area contributed by atoms with Crippen molar-refractivity contribution in [2.24, 2.45) is 0 Å². The van der Waals surface area contributed by atoms with Crippen LogP contribution in [0.1, 0.15) is 46.0 Å². The fourth-order valence-corrected chi connectivity index (χ4v) is 0.859. The Morgan fingerprint density at radius 1 is 1.44 bits per heavy atom. The van der Waals surface area contributed by atoms with Crippen LogP contribution in [0.25, 0.3) is 0 Å². The average Bonchev–Trinajstić information content (AvgIpc) is 1.98. The maximum Gasteiger partial charge on any atom is 0.210 e. The van der Waals surface area contributed by atoms with E-state index in [4.69, 9.17) is 1.43 Å². The van der Waals surface area contributed by atoms with Crippen molar-refractivity contribution >= 4 is 0 Å². The second-order valence-electron chi connectivity index (χ2n) is 2.66. The standard InChI is InChI=1S/C8H18O/c1-3-4-5-6-7-8(2)9/h8-9H,3-7H2,1-2H3/t8-/m1/s1/i9D. The molecule has 1 atom stereocenters. The highest BCUT2D eigenvalue weighted by molar-refractivity contribution is 4.47. The fraction of sp³-hybridized carbons (Fsp3) is 1.00. The molecule has 0 aliphatic rings. The minimum absolute atomic E-state index is 0.122. The Labute approximate surface area is 59.6 Å². The summed E-state index contributed by atoms with van der Waals surface area (Å²) in [5.74, 6) is 0. The number of hydrogen-bond donors (Lipinski definition) is 1. The van der Waals surface area contributed by atoms with E-state index < -0.39 is 0 Å². The minimum atomic E-state index is 0.122. The van der Waals surface area contributed by atoms with Crippen molar-refractivity contribution in [2.45, 2.75) is 52.1 Å². The monoisotopic (exact) mass is 131 g/mol. The third kappa shape index (κ3) is 7.96. The zero-order valence-electron chi connectivity index (χ0n) is 7.52. The summed E-state index contributed by atoms with van der Waals surface area (Å²) < 4.78 is 6.59. The molecule has 56 valence electrons. The van der Waals surface area contributed by atoms with Crippen LogP contribution >= 0.6 is 0 Å². The van der Waals surface area contributed by atoms with Gasteiger partial charge in [0.05, 0.1) is 6.10 Å². The van der Waals surface area contributed by atoms with Crippen LogP contribution in [0.15, 0.2) is 0 Å². The zero-order valence-corrected chi connectivity index (χ0v) is 6.52. The molecule has 1 nitrogen and oxygen atoms in total. The second-order valence-corrected chi connectivity index (χ2v) is 2.66. The van der Waals surface area contributed by atoms with Gasteiger partial charge in [0.15, 0.2) is 0 Å². The highest BCUT2D eigenvalue weighted by atomic mass is 16.3. The van der Waals surface area contributed by atoms with E-state index in [1.54, 1.807) is 0 Å². The Bertz CT molecular complexity index is 66.3. The molecular formula is C8H18O. The summed E-state index contributed by atoms with van der Waals surface area (Å²) >= 11 is 0. The van der Waals surface area contributed by atoms with E-state index in [2.05, 4.69) is 12.0 Å². The lowest BCUT2D eigenvalue weighted by Gasteiger charge is -2.01. The summed E-state index contributed by atoms with van der Waals surface area (Å²) in [5, 5.41) is 4.38. The first-order valence-corrected chi connectivity index (χ1v) is 3.93. The summed E-state index contributed by atoms with van der Waals surface area (Å²) in [6, 6.07) is 0. The Balaban J connectivity index is 2.89. The summed E-state index contributed by atoms with van der Waals surface area (Å²) in [6.45, 7) is 4.14. The van der Waals surface area contributed by atoms with Crippen molar-refractivity contribution < 1.29 is 5.11 Å². The van der Waals surface area contributed by atoms with Crippen LogP contribution in [-0.4, -0.2) is 12.6 Å². The molecule has 0 heterocycles. The van der Waals surface area contributed by atoms with Crippen molar-refractivity contribution in [1.82, 2.24) is 0 Å². The van der Waals surface area contributed by atoms with Crippen LogP contribution in [0.5, 0.6) is 0 Å². The van der Waals surface area contributed by atoms with Gasteiger partial charge in [0.25, 0.3) is 0 Å². The summed E-state index contributed by atoms with van der Waals surface area (Å²) in [6.07, 6.45) is 6.22. The van der Waals surface area contributed by atoms with Gasteiger partial charge in [-0.1, -0.05) is 32.6 Å². The maximum absolute atomic E-state index is 6.59. The van der Waals surface area contributed by atoms with Gasteiger partial charge in [0.2, 0.25) is 1.43 Å². The lowest BCUT2D eigenvalue weighted by Crippen LogP contribution is -1.97. The van der Waals surface area contributed by atoms with Gasteiger partial charge >= 0.3 is 0 Å². The third-order valence-electron chi connectivity index (χ3n) is 1.46. The molecule has 0 bridgehead atoms. The van der Waals surface area contributed by atoms with E-state index in [1.807, 2.05) is 6.92 Å². The molecule has 0 rings (SSSR count). The number of aliphatic hydroxyl groups excluding tert-OH is 1. The minimum Gasteiger partial charge on any atom is -0.393 e. The van der Waals surface area contributed by atoms with Crippen LogP contribution < -0.4 is 0 Å². The fourth-order valence-electron chi connectivity index (χ4n) is 0.859. The largest absolute Gasteiger partial charge is 0.393 e. The predicted octanol–water partition coefficient (Wildman–Crippen LogP) is 2.34. The number of rotatable bonds is 6. The zero-order chi connectivity index (χ0) is 7.82. The second kappa shape index (κ2) is 6.09. The lowest BCUT2D eigenvalue weighted by atomic mass is 10.1. The van der Waals surface area contributed by atoms with Crippen molar-refractivity contribution in [1.29, 1.82) is 1.43 Å². The molecule has 0 saturated heterocycles. The molecule has 0 spiro atoms. The third-order valence-corrected chi connectivity index (χ3v) is 1.46. The van der Waals surface area contributed by atoms with Gasteiger partial charge in [-0.3, -0.25) is 0 Å². The van der Waals surface area contributed by atoms with Gasteiger partial charge in [-0.05, 0) is 13.3 Å².